The Labute approximate surface area is 81.4 Å². The van der Waals surface area contributed by atoms with Gasteiger partial charge in [-0.25, -0.2) is 8.78 Å². The third-order valence-electron chi connectivity index (χ3n) is 2.07. The van der Waals surface area contributed by atoms with Crippen LogP contribution in [0.1, 0.15) is 31.4 Å². The van der Waals surface area contributed by atoms with E-state index in [0.29, 0.717) is 12.0 Å². The van der Waals surface area contributed by atoms with E-state index in [0.717, 1.165) is 18.6 Å². The molecule has 0 aliphatic heterocycles. The standard InChI is InChI=1S/C10H13F2NO/c1-2-3-9(13)6-4-7(11)10(14)8(12)5-6/h4-5,9,14H,2-3,13H2,1H3/t9-/m1/s1. The number of rotatable bonds is 3. The van der Waals surface area contributed by atoms with Gasteiger partial charge in [0.1, 0.15) is 0 Å². The summed E-state index contributed by atoms with van der Waals surface area (Å²) < 4.78 is 25.8. The van der Waals surface area contributed by atoms with Gasteiger partial charge in [-0.3, -0.25) is 0 Å². The van der Waals surface area contributed by atoms with Crippen molar-refractivity contribution in [3.05, 3.63) is 29.3 Å². The molecular weight excluding hydrogens is 188 g/mol. The number of hydrogen-bond donors (Lipinski definition) is 2. The molecule has 0 saturated carbocycles. The fraction of sp³-hybridized carbons (Fsp3) is 0.400. The predicted molar refractivity (Wildman–Crippen MR) is 49.9 cm³/mol. The molecule has 0 spiro atoms. The summed E-state index contributed by atoms with van der Waals surface area (Å²) in [6, 6.07) is 1.75. The van der Waals surface area contributed by atoms with Gasteiger partial charge < -0.3 is 10.8 Å². The number of benzene rings is 1. The van der Waals surface area contributed by atoms with Crippen LogP contribution in [0.25, 0.3) is 0 Å². The van der Waals surface area contributed by atoms with Crippen molar-refractivity contribution in [2.75, 3.05) is 0 Å². The van der Waals surface area contributed by atoms with Crippen LogP contribution in [-0.4, -0.2) is 5.11 Å². The summed E-state index contributed by atoms with van der Waals surface area (Å²) in [7, 11) is 0. The van der Waals surface area contributed by atoms with Crippen molar-refractivity contribution in [3.63, 3.8) is 0 Å². The lowest BCUT2D eigenvalue weighted by Crippen LogP contribution is -2.10. The first-order valence-corrected chi connectivity index (χ1v) is 4.49. The van der Waals surface area contributed by atoms with Gasteiger partial charge in [-0.2, -0.15) is 0 Å². The molecule has 0 heterocycles. The van der Waals surface area contributed by atoms with Crippen LogP contribution < -0.4 is 5.73 Å². The van der Waals surface area contributed by atoms with E-state index in [9.17, 15) is 8.78 Å². The topological polar surface area (TPSA) is 46.2 Å². The third-order valence-corrected chi connectivity index (χ3v) is 2.07. The second-order valence-corrected chi connectivity index (χ2v) is 3.23. The average Bonchev–Trinajstić information content (AvgIpc) is 2.13. The summed E-state index contributed by atoms with van der Waals surface area (Å²) in [4.78, 5) is 0. The van der Waals surface area contributed by atoms with Crippen molar-refractivity contribution >= 4 is 0 Å². The molecule has 1 aromatic carbocycles. The van der Waals surface area contributed by atoms with Crippen molar-refractivity contribution < 1.29 is 13.9 Å². The predicted octanol–water partition coefficient (Wildman–Crippen LogP) is 2.47. The highest BCUT2D eigenvalue weighted by molar-refractivity contribution is 5.31. The minimum Gasteiger partial charge on any atom is -0.503 e. The Morgan fingerprint density at radius 2 is 1.86 bits per heavy atom. The van der Waals surface area contributed by atoms with Gasteiger partial charge in [-0.15, -0.1) is 0 Å². The van der Waals surface area contributed by atoms with E-state index >= 15 is 0 Å². The molecule has 0 aromatic heterocycles. The monoisotopic (exact) mass is 201 g/mol. The molecule has 0 fully saturated rings. The summed E-state index contributed by atoms with van der Waals surface area (Å²) >= 11 is 0. The molecule has 1 aromatic rings. The highest BCUT2D eigenvalue weighted by atomic mass is 19.1. The Hall–Kier alpha value is -1.16. The molecule has 0 bridgehead atoms. The molecule has 0 saturated heterocycles. The van der Waals surface area contributed by atoms with E-state index in [-0.39, 0.29) is 6.04 Å². The zero-order chi connectivity index (χ0) is 10.7. The van der Waals surface area contributed by atoms with Gasteiger partial charge in [-0.05, 0) is 24.1 Å². The van der Waals surface area contributed by atoms with Crippen LogP contribution in [0.5, 0.6) is 5.75 Å². The molecule has 0 amide bonds. The van der Waals surface area contributed by atoms with Crippen molar-refractivity contribution in [1.29, 1.82) is 0 Å². The molecule has 78 valence electrons. The van der Waals surface area contributed by atoms with E-state index in [1.54, 1.807) is 0 Å². The second-order valence-electron chi connectivity index (χ2n) is 3.23. The minimum absolute atomic E-state index is 0.375. The molecule has 2 nitrogen and oxygen atoms in total. The molecule has 14 heavy (non-hydrogen) atoms. The van der Waals surface area contributed by atoms with E-state index in [1.165, 1.54) is 0 Å². The maximum absolute atomic E-state index is 12.9. The molecule has 0 aliphatic carbocycles. The van der Waals surface area contributed by atoms with Crippen LogP contribution >= 0.6 is 0 Å². The van der Waals surface area contributed by atoms with Crippen LogP contribution in [0.3, 0.4) is 0 Å². The molecule has 0 aliphatic rings. The zero-order valence-electron chi connectivity index (χ0n) is 7.93. The maximum atomic E-state index is 12.9. The molecule has 4 heteroatoms. The lowest BCUT2D eigenvalue weighted by atomic mass is 10.0. The second kappa shape index (κ2) is 4.37. The number of nitrogens with two attached hydrogens (primary N) is 1. The number of halogens is 2. The Morgan fingerprint density at radius 3 is 2.29 bits per heavy atom. The van der Waals surface area contributed by atoms with Crippen LogP contribution in [-0.2, 0) is 0 Å². The smallest absolute Gasteiger partial charge is 0.187 e. The highest BCUT2D eigenvalue weighted by Gasteiger charge is 2.13. The summed E-state index contributed by atoms with van der Waals surface area (Å²) in [5.74, 6) is -2.88. The van der Waals surface area contributed by atoms with Crippen LogP contribution in [0, 0.1) is 11.6 Å². The van der Waals surface area contributed by atoms with E-state index in [4.69, 9.17) is 10.8 Å². The fourth-order valence-electron chi connectivity index (χ4n) is 1.28. The summed E-state index contributed by atoms with van der Waals surface area (Å²) in [5.41, 5.74) is 6.05. The highest BCUT2D eigenvalue weighted by Crippen LogP contribution is 2.25. The molecule has 1 atom stereocenters. The summed E-state index contributed by atoms with van der Waals surface area (Å²) in [6.45, 7) is 1.94. The molecule has 3 N–H and O–H groups in total. The zero-order valence-corrected chi connectivity index (χ0v) is 7.93. The first-order chi connectivity index (χ1) is 6.56. The lowest BCUT2D eigenvalue weighted by molar-refractivity contribution is 0.394. The first kappa shape index (κ1) is 10.9. The Balaban J connectivity index is 3.00. The lowest BCUT2D eigenvalue weighted by Gasteiger charge is -2.11. The van der Waals surface area contributed by atoms with Crippen LogP contribution in [0.2, 0.25) is 0 Å². The van der Waals surface area contributed by atoms with E-state index in [2.05, 4.69) is 0 Å². The Bertz CT molecular complexity index is 305. The largest absolute Gasteiger partial charge is 0.503 e. The molecule has 1 rings (SSSR count). The Morgan fingerprint density at radius 1 is 1.36 bits per heavy atom. The van der Waals surface area contributed by atoms with Gasteiger partial charge in [0.05, 0.1) is 0 Å². The fourth-order valence-corrected chi connectivity index (χ4v) is 1.28. The molecular formula is C10H13F2NO. The molecule has 0 radical (unpaired) electrons. The molecule has 0 unspecified atom stereocenters. The minimum atomic E-state index is -0.966. The summed E-state index contributed by atoms with van der Waals surface area (Å²) in [6.07, 6.45) is 1.49. The van der Waals surface area contributed by atoms with Crippen molar-refractivity contribution in [2.45, 2.75) is 25.8 Å². The van der Waals surface area contributed by atoms with Gasteiger partial charge in [0.15, 0.2) is 17.4 Å². The maximum Gasteiger partial charge on any atom is 0.187 e. The third kappa shape index (κ3) is 2.20. The number of phenolic OH excluding ortho intramolecular Hbond substituents is 1. The first-order valence-electron chi connectivity index (χ1n) is 4.49. The van der Waals surface area contributed by atoms with Crippen LogP contribution in [0.15, 0.2) is 12.1 Å². The summed E-state index contributed by atoms with van der Waals surface area (Å²) in [5, 5.41) is 8.85. The van der Waals surface area contributed by atoms with Crippen molar-refractivity contribution in [1.82, 2.24) is 0 Å². The van der Waals surface area contributed by atoms with Gasteiger partial charge in [0.2, 0.25) is 0 Å². The van der Waals surface area contributed by atoms with Gasteiger partial charge in [0.25, 0.3) is 0 Å². The van der Waals surface area contributed by atoms with E-state index < -0.39 is 17.4 Å². The van der Waals surface area contributed by atoms with Crippen molar-refractivity contribution in [3.8, 4) is 5.75 Å². The van der Waals surface area contributed by atoms with Crippen molar-refractivity contribution in [2.24, 2.45) is 5.73 Å². The van der Waals surface area contributed by atoms with E-state index in [1.807, 2.05) is 6.92 Å². The number of hydrogen-bond acceptors (Lipinski definition) is 2. The quantitative estimate of drug-likeness (QED) is 0.789. The van der Waals surface area contributed by atoms with Gasteiger partial charge in [0, 0.05) is 6.04 Å². The normalized spacial score (nSPS) is 12.9. The number of phenols is 1. The Kier molecular flexibility index (Phi) is 3.41. The average molecular weight is 201 g/mol. The SMILES string of the molecule is CCC[C@@H](N)c1cc(F)c(O)c(F)c1. The van der Waals surface area contributed by atoms with Crippen LogP contribution in [0.4, 0.5) is 8.78 Å². The number of aromatic hydroxyl groups is 1. The van der Waals surface area contributed by atoms with Gasteiger partial charge in [-0.1, -0.05) is 13.3 Å². The van der Waals surface area contributed by atoms with Gasteiger partial charge >= 0.3 is 0 Å².